The molecule has 0 bridgehead atoms. The first-order chi connectivity index (χ1) is 15.4. The Labute approximate surface area is 193 Å². The van der Waals surface area contributed by atoms with Gasteiger partial charge in [-0.15, -0.1) is 11.3 Å². The highest BCUT2D eigenvalue weighted by Crippen LogP contribution is 2.33. The molecule has 3 heterocycles. The highest BCUT2D eigenvalue weighted by Gasteiger charge is 2.34. The largest absolute Gasteiger partial charge is 0.494 e. The van der Waals surface area contributed by atoms with Gasteiger partial charge in [0.15, 0.2) is 4.80 Å². The van der Waals surface area contributed by atoms with Gasteiger partial charge in [0.25, 0.3) is 5.56 Å². The van der Waals surface area contributed by atoms with E-state index in [1.807, 2.05) is 54.8 Å². The van der Waals surface area contributed by atoms with Crippen LogP contribution in [0.4, 0.5) is 0 Å². The second kappa shape index (κ2) is 9.26. The summed E-state index contributed by atoms with van der Waals surface area (Å²) in [5.74, 6) is 0.341. The normalized spacial score (nSPS) is 16.2. The number of thiazole rings is 1. The lowest BCUT2D eigenvalue weighted by molar-refractivity contribution is -0.143. The van der Waals surface area contributed by atoms with Crippen molar-refractivity contribution in [2.75, 3.05) is 6.61 Å². The monoisotopic (exact) mass is 468 g/mol. The number of benzene rings is 1. The van der Waals surface area contributed by atoms with Crippen molar-refractivity contribution in [1.82, 2.24) is 4.57 Å². The van der Waals surface area contributed by atoms with E-state index < -0.39 is 12.0 Å². The van der Waals surface area contributed by atoms with E-state index in [0.717, 1.165) is 16.2 Å². The number of carbonyl (C=O) groups is 1. The Bertz CT molecular complexity index is 1330. The molecule has 1 aromatic carbocycles. The molecular weight excluding hydrogens is 444 g/mol. The van der Waals surface area contributed by atoms with E-state index in [4.69, 9.17) is 9.47 Å². The molecule has 0 saturated carbocycles. The topological polar surface area (TPSA) is 69.9 Å². The maximum atomic E-state index is 13.5. The first-order valence-electron chi connectivity index (χ1n) is 10.4. The molecule has 3 aromatic rings. The lowest BCUT2D eigenvalue weighted by Gasteiger charge is -2.24. The van der Waals surface area contributed by atoms with Crippen LogP contribution in [0.15, 0.2) is 62.8 Å². The van der Waals surface area contributed by atoms with Gasteiger partial charge in [0.2, 0.25) is 0 Å². The number of ether oxygens (including phenoxy) is 2. The molecule has 1 aliphatic rings. The Morgan fingerprint density at radius 3 is 2.62 bits per heavy atom. The summed E-state index contributed by atoms with van der Waals surface area (Å²) in [6, 6.07) is 10.9. The first kappa shape index (κ1) is 22.2. The fourth-order valence-corrected chi connectivity index (χ4v) is 5.42. The van der Waals surface area contributed by atoms with Crippen LogP contribution >= 0.6 is 22.7 Å². The SMILES string of the molecule is CCOc1ccc(C=c2sc3n(c2=O)C(c2cccs2)C(C(=O)OC(C)C)=C(C)N=3)cc1. The third kappa shape index (κ3) is 4.33. The van der Waals surface area contributed by atoms with E-state index in [9.17, 15) is 9.59 Å². The first-order valence-corrected chi connectivity index (χ1v) is 12.1. The summed E-state index contributed by atoms with van der Waals surface area (Å²) < 4.78 is 13.2. The molecule has 166 valence electrons. The summed E-state index contributed by atoms with van der Waals surface area (Å²) in [6.07, 6.45) is 1.58. The van der Waals surface area contributed by atoms with Crippen LogP contribution in [0.25, 0.3) is 6.08 Å². The smallest absolute Gasteiger partial charge is 0.338 e. The van der Waals surface area contributed by atoms with Crippen LogP contribution < -0.4 is 19.6 Å². The minimum atomic E-state index is -0.556. The van der Waals surface area contributed by atoms with Crippen molar-refractivity contribution in [1.29, 1.82) is 0 Å². The Hall–Kier alpha value is -2.97. The van der Waals surface area contributed by atoms with Gasteiger partial charge in [-0.1, -0.05) is 29.5 Å². The predicted octanol–water partition coefficient (Wildman–Crippen LogP) is 3.65. The molecule has 0 aliphatic carbocycles. The summed E-state index contributed by atoms with van der Waals surface area (Å²) >= 11 is 2.82. The minimum Gasteiger partial charge on any atom is -0.494 e. The van der Waals surface area contributed by atoms with Crippen molar-refractivity contribution >= 4 is 34.7 Å². The lowest BCUT2D eigenvalue weighted by Crippen LogP contribution is -2.39. The summed E-state index contributed by atoms with van der Waals surface area (Å²) in [5, 5.41) is 1.94. The highest BCUT2D eigenvalue weighted by molar-refractivity contribution is 7.10. The van der Waals surface area contributed by atoms with Gasteiger partial charge in [0.05, 0.1) is 28.5 Å². The molecule has 32 heavy (non-hydrogen) atoms. The molecule has 0 spiro atoms. The molecule has 4 rings (SSSR count). The Kier molecular flexibility index (Phi) is 6.43. The maximum absolute atomic E-state index is 13.5. The number of thiophene rings is 1. The van der Waals surface area contributed by atoms with Crippen LogP contribution in [0, 0.1) is 0 Å². The van der Waals surface area contributed by atoms with Gasteiger partial charge in [-0.25, -0.2) is 9.79 Å². The van der Waals surface area contributed by atoms with Crippen LogP contribution in [0.3, 0.4) is 0 Å². The highest BCUT2D eigenvalue weighted by atomic mass is 32.1. The number of rotatable bonds is 6. The summed E-state index contributed by atoms with van der Waals surface area (Å²) in [6.45, 7) is 7.94. The van der Waals surface area contributed by atoms with Gasteiger partial charge in [-0.05, 0) is 62.9 Å². The third-order valence-corrected chi connectivity index (χ3v) is 6.79. The van der Waals surface area contributed by atoms with Gasteiger partial charge >= 0.3 is 5.97 Å². The molecule has 0 fully saturated rings. The Morgan fingerprint density at radius 2 is 2.00 bits per heavy atom. The average Bonchev–Trinajstić information content (AvgIpc) is 3.37. The van der Waals surface area contributed by atoms with Crippen molar-refractivity contribution in [3.63, 3.8) is 0 Å². The molecule has 1 aliphatic heterocycles. The van der Waals surface area contributed by atoms with Crippen molar-refractivity contribution in [2.24, 2.45) is 4.99 Å². The number of aromatic nitrogens is 1. The summed E-state index contributed by atoms with van der Waals surface area (Å²) in [7, 11) is 0. The van der Waals surface area contributed by atoms with E-state index >= 15 is 0 Å². The van der Waals surface area contributed by atoms with Gasteiger partial charge in [-0.2, -0.15) is 0 Å². The molecule has 0 saturated heterocycles. The molecule has 0 amide bonds. The van der Waals surface area contributed by atoms with Gasteiger partial charge in [0, 0.05) is 4.88 Å². The maximum Gasteiger partial charge on any atom is 0.338 e. The number of hydrogen-bond donors (Lipinski definition) is 0. The van der Waals surface area contributed by atoms with Crippen molar-refractivity contribution < 1.29 is 14.3 Å². The molecule has 1 atom stereocenters. The number of allylic oxidation sites excluding steroid dienone is 1. The van der Waals surface area contributed by atoms with Crippen molar-refractivity contribution in [3.8, 4) is 5.75 Å². The molecular formula is C24H24N2O4S2. The lowest BCUT2D eigenvalue weighted by atomic mass is 10.0. The molecule has 6 nitrogen and oxygen atoms in total. The van der Waals surface area contributed by atoms with E-state index in [1.54, 1.807) is 25.3 Å². The fraction of sp³-hybridized carbons (Fsp3) is 0.292. The minimum absolute atomic E-state index is 0.177. The molecule has 0 N–H and O–H groups in total. The second-order valence-corrected chi connectivity index (χ2v) is 9.54. The number of fused-ring (bicyclic) bond motifs is 1. The zero-order valence-corrected chi connectivity index (χ0v) is 20.0. The van der Waals surface area contributed by atoms with Crippen LogP contribution in [0.1, 0.15) is 44.2 Å². The van der Waals surface area contributed by atoms with Crippen LogP contribution in [0.2, 0.25) is 0 Å². The number of nitrogens with zero attached hydrogens (tertiary/aromatic N) is 2. The quantitative estimate of drug-likeness (QED) is 0.518. The van der Waals surface area contributed by atoms with E-state index in [2.05, 4.69) is 4.99 Å². The second-order valence-electron chi connectivity index (χ2n) is 7.55. The average molecular weight is 469 g/mol. The van der Waals surface area contributed by atoms with Crippen molar-refractivity contribution in [3.05, 3.63) is 83.2 Å². The van der Waals surface area contributed by atoms with Gasteiger partial charge in [-0.3, -0.25) is 9.36 Å². The summed E-state index contributed by atoms with van der Waals surface area (Å²) in [5.41, 5.74) is 1.69. The van der Waals surface area contributed by atoms with Crippen LogP contribution in [0.5, 0.6) is 5.75 Å². The fourth-order valence-electron chi connectivity index (χ4n) is 3.55. The molecule has 8 heteroatoms. The number of carbonyl (C=O) groups excluding carboxylic acids is 1. The Balaban J connectivity index is 1.84. The predicted molar refractivity (Wildman–Crippen MR) is 127 cm³/mol. The standard InChI is InChI=1S/C24H24N2O4S2/c1-5-29-17-10-8-16(9-11-17)13-19-22(27)26-21(18-7-6-12-31-18)20(23(28)30-14(2)3)15(4)25-24(26)32-19/h6-14,21H,5H2,1-4H3. The number of hydrogen-bond acceptors (Lipinski definition) is 7. The van der Waals surface area contributed by atoms with Crippen molar-refractivity contribution in [2.45, 2.75) is 39.8 Å². The van der Waals surface area contributed by atoms with Gasteiger partial charge in [0.1, 0.15) is 11.8 Å². The van der Waals surface area contributed by atoms with E-state index in [-0.39, 0.29) is 11.7 Å². The van der Waals surface area contributed by atoms with Gasteiger partial charge < -0.3 is 9.47 Å². The van der Waals surface area contributed by atoms with E-state index in [0.29, 0.717) is 27.2 Å². The van der Waals surface area contributed by atoms with E-state index in [1.165, 1.54) is 22.7 Å². The number of esters is 1. The molecule has 2 aromatic heterocycles. The Morgan fingerprint density at radius 1 is 1.25 bits per heavy atom. The zero-order valence-electron chi connectivity index (χ0n) is 18.3. The zero-order chi connectivity index (χ0) is 22.8. The summed E-state index contributed by atoms with van der Waals surface area (Å²) in [4.78, 5) is 32.5. The molecule has 0 radical (unpaired) electrons. The van der Waals surface area contributed by atoms with Crippen LogP contribution in [-0.4, -0.2) is 23.2 Å². The third-order valence-electron chi connectivity index (χ3n) is 4.89. The van der Waals surface area contributed by atoms with Crippen LogP contribution in [-0.2, 0) is 9.53 Å². The molecule has 1 unspecified atom stereocenters.